The van der Waals surface area contributed by atoms with E-state index in [1.807, 2.05) is 0 Å². The number of rotatable bonds is 4. The number of benzene rings is 1. The topological polar surface area (TPSA) is 69.1 Å². The van der Waals surface area contributed by atoms with Gasteiger partial charge >= 0.3 is 0 Å². The Labute approximate surface area is 92.1 Å². The number of hydrogen-bond donors (Lipinski definition) is 0. The highest BCUT2D eigenvalue weighted by Gasteiger charge is 2.03. The van der Waals surface area contributed by atoms with E-state index < -0.39 is 5.91 Å². The molecule has 0 spiro atoms. The quantitative estimate of drug-likeness (QED) is 0.446. The molecule has 0 aromatic heterocycles. The maximum atomic E-state index is 12.6. The number of azide groups is 1. The molecule has 0 fully saturated rings. The summed E-state index contributed by atoms with van der Waals surface area (Å²) in [5.74, 6) is -0.807. The number of nitrogens with zero attached hydrogens (tertiary/aromatic N) is 4. The summed E-state index contributed by atoms with van der Waals surface area (Å²) >= 11 is 0. The molecular weight excluding hydrogens is 211 g/mol. The molecule has 0 saturated heterocycles. The summed E-state index contributed by atoms with van der Waals surface area (Å²) in [5.41, 5.74) is 8.83. The molecule has 5 nitrogen and oxygen atoms in total. The van der Waals surface area contributed by atoms with E-state index in [1.165, 1.54) is 12.1 Å². The highest BCUT2D eigenvalue weighted by atomic mass is 19.1. The molecule has 0 aliphatic heterocycles. The zero-order valence-electron chi connectivity index (χ0n) is 8.80. The Morgan fingerprint density at radius 3 is 2.69 bits per heavy atom. The first-order valence-corrected chi connectivity index (χ1v) is 4.68. The third-order valence-corrected chi connectivity index (χ3v) is 2.08. The van der Waals surface area contributed by atoms with Gasteiger partial charge in [0.15, 0.2) is 0 Å². The number of amides is 1. The largest absolute Gasteiger partial charge is 0.374 e. The number of halogens is 1. The van der Waals surface area contributed by atoms with Crippen LogP contribution in [0.2, 0.25) is 0 Å². The van der Waals surface area contributed by atoms with Gasteiger partial charge in [-0.15, -0.1) is 0 Å². The summed E-state index contributed by atoms with van der Waals surface area (Å²) < 4.78 is 12.6. The summed E-state index contributed by atoms with van der Waals surface area (Å²) in [6, 6.07) is 5.93. The molecule has 84 valence electrons. The first-order chi connectivity index (χ1) is 7.63. The minimum absolute atomic E-state index is 0.137. The molecule has 0 saturated carbocycles. The highest BCUT2D eigenvalue weighted by Crippen LogP contribution is 2.13. The van der Waals surface area contributed by atoms with Crippen molar-refractivity contribution in [2.45, 2.75) is 6.42 Å². The van der Waals surface area contributed by atoms with Gasteiger partial charge in [-0.1, -0.05) is 0 Å². The maximum absolute atomic E-state index is 12.6. The first kappa shape index (κ1) is 12.0. The second kappa shape index (κ2) is 5.72. The van der Waals surface area contributed by atoms with Gasteiger partial charge in [-0.2, -0.15) is 0 Å². The van der Waals surface area contributed by atoms with Crippen LogP contribution in [0.25, 0.3) is 10.4 Å². The minimum atomic E-state index is -0.503. The van der Waals surface area contributed by atoms with Gasteiger partial charge in [-0.3, -0.25) is 4.79 Å². The molecule has 0 heterocycles. The van der Waals surface area contributed by atoms with Crippen molar-refractivity contribution in [3.63, 3.8) is 0 Å². The van der Waals surface area contributed by atoms with Crippen molar-refractivity contribution >= 4 is 11.6 Å². The van der Waals surface area contributed by atoms with Crippen molar-refractivity contribution in [2.75, 3.05) is 18.5 Å². The van der Waals surface area contributed by atoms with Gasteiger partial charge < -0.3 is 4.90 Å². The fourth-order valence-electron chi connectivity index (χ4n) is 1.19. The van der Waals surface area contributed by atoms with Crippen molar-refractivity contribution in [3.05, 3.63) is 40.5 Å². The molecule has 16 heavy (non-hydrogen) atoms. The van der Waals surface area contributed by atoms with E-state index in [2.05, 4.69) is 10.0 Å². The van der Waals surface area contributed by atoms with E-state index in [1.54, 1.807) is 24.1 Å². The average molecular weight is 222 g/mol. The third-order valence-electron chi connectivity index (χ3n) is 2.08. The van der Waals surface area contributed by atoms with Crippen LogP contribution in [-0.2, 0) is 4.79 Å². The van der Waals surface area contributed by atoms with Crippen molar-refractivity contribution in [1.82, 2.24) is 0 Å². The molecular formula is C10H11FN4O. The van der Waals surface area contributed by atoms with E-state index >= 15 is 0 Å². The highest BCUT2D eigenvalue weighted by molar-refractivity contribution is 5.77. The normalized spacial score (nSPS) is 9.38. The second-order valence-corrected chi connectivity index (χ2v) is 3.23. The summed E-state index contributed by atoms with van der Waals surface area (Å²) in [6.45, 7) is 0.420. The van der Waals surface area contributed by atoms with Gasteiger partial charge in [-0.25, -0.2) is 4.39 Å². The first-order valence-electron chi connectivity index (χ1n) is 4.68. The molecule has 0 aliphatic rings. The van der Waals surface area contributed by atoms with E-state index in [0.717, 1.165) is 5.69 Å². The predicted octanol–water partition coefficient (Wildman–Crippen LogP) is 2.49. The maximum Gasteiger partial charge on any atom is 0.220 e. The van der Waals surface area contributed by atoms with E-state index in [0.29, 0.717) is 6.54 Å². The molecule has 0 aliphatic carbocycles. The molecule has 0 unspecified atom stereocenters. The lowest BCUT2D eigenvalue weighted by molar-refractivity contribution is -0.117. The van der Waals surface area contributed by atoms with Crippen LogP contribution in [0.1, 0.15) is 6.42 Å². The van der Waals surface area contributed by atoms with Crippen molar-refractivity contribution in [1.29, 1.82) is 0 Å². The predicted molar refractivity (Wildman–Crippen MR) is 58.4 cm³/mol. The minimum Gasteiger partial charge on any atom is -0.374 e. The van der Waals surface area contributed by atoms with Crippen LogP contribution in [0, 0.1) is 5.82 Å². The Morgan fingerprint density at radius 2 is 2.12 bits per heavy atom. The molecule has 1 aromatic carbocycles. The smallest absolute Gasteiger partial charge is 0.220 e. The fourth-order valence-corrected chi connectivity index (χ4v) is 1.19. The Hall–Kier alpha value is -2.07. The van der Waals surface area contributed by atoms with Crippen LogP contribution in [0.3, 0.4) is 0 Å². The molecule has 0 N–H and O–H groups in total. The Bertz CT molecular complexity index is 411. The van der Waals surface area contributed by atoms with Crippen LogP contribution >= 0.6 is 0 Å². The van der Waals surface area contributed by atoms with Crippen LogP contribution in [0.4, 0.5) is 10.1 Å². The van der Waals surface area contributed by atoms with E-state index in [9.17, 15) is 9.18 Å². The standard InChI is InChI=1S/C10H11FN4O/c1-15(7-6-10(16)13-14-12)9-4-2-8(11)3-5-9/h2-5H,6-7H2,1H3. The molecule has 1 rings (SSSR count). The number of carbonyl (C=O) groups is 1. The summed E-state index contributed by atoms with van der Waals surface area (Å²) in [6.07, 6.45) is 0.137. The van der Waals surface area contributed by atoms with Crippen LogP contribution in [-0.4, -0.2) is 19.5 Å². The molecule has 0 atom stereocenters. The molecule has 0 radical (unpaired) electrons. The van der Waals surface area contributed by atoms with E-state index in [-0.39, 0.29) is 12.2 Å². The van der Waals surface area contributed by atoms with Gasteiger partial charge in [0.25, 0.3) is 0 Å². The SMILES string of the molecule is CN(CCC(=O)N=[N+]=[N-])c1ccc(F)cc1. The zero-order chi connectivity index (χ0) is 12.0. The molecule has 1 aromatic rings. The fraction of sp³-hybridized carbons (Fsp3) is 0.300. The second-order valence-electron chi connectivity index (χ2n) is 3.23. The van der Waals surface area contributed by atoms with Gasteiger partial charge in [0.2, 0.25) is 5.91 Å². The van der Waals surface area contributed by atoms with Crippen LogP contribution in [0.5, 0.6) is 0 Å². The lowest BCUT2D eigenvalue weighted by atomic mass is 10.2. The monoisotopic (exact) mass is 222 g/mol. The van der Waals surface area contributed by atoms with Gasteiger partial charge in [-0.05, 0) is 34.9 Å². The third kappa shape index (κ3) is 3.59. The lowest BCUT2D eigenvalue weighted by Gasteiger charge is -2.18. The number of anilines is 1. The van der Waals surface area contributed by atoms with Gasteiger partial charge in [0.05, 0.1) is 0 Å². The average Bonchev–Trinajstić information content (AvgIpc) is 2.27. The van der Waals surface area contributed by atoms with Crippen molar-refractivity contribution < 1.29 is 9.18 Å². The van der Waals surface area contributed by atoms with E-state index in [4.69, 9.17) is 5.53 Å². The summed E-state index contributed by atoms with van der Waals surface area (Å²) in [4.78, 5) is 15.1. The summed E-state index contributed by atoms with van der Waals surface area (Å²) in [7, 11) is 1.77. The summed E-state index contributed by atoms with van der Waals surface area (Å²) in [5, 5.41) is 2.96. The molecule has 6 heteroatoms. The number of hydrogen-bond acceptors (Lipinski definition) is 2. The van der Waals surface area contributed by atoms with Crippen LogP contribution < -0.4 is 4.90 Å². The zero-order valence-corrected chi connectivity index (χ0v) is 8.80. The Morgan fingerprint density at radius 1 is 1.50 bits per heavy atom. The molecule has 1 amide bonds. The van der Waals surface area contributed by atoms with Gasteiger partial charge in [0.1, 0.15) is 5.82 Å². The van der Waals surface area contributed by atoms with Crippen molar-refractivity contribution in [3.8, 4) is 0 Å². The van der Waals surface area contributed by atoms with Crippen LogP contribution in [0.15, 0.2) is 29.4 Å². The lowest BCUT2D eigenvalue weighted by Crippen LogP contribution is -2.20. The Balaban J connectivity index is 2.52. The number of carbonyl (C=O) groups excluding carboxylic acids is 1. The Kier molecular flexibility index (Phi) is 4.29. The van der Waals surface area contributed by atoms with Gasteiger partial charge in [0, 0.05) is 30.6 Å². The van der Waals surface area contributed by atoms with Crippen molar-refractivity contribution in [2.24, 2.45) is 5.11 Å². The molecule has 0 bridgehead atoms.